The Morgan fingerprint density at radius 3 is 2.56 bits per heavy atom. The first kappa shape index (κ1) is 13.3. The number of halogens is 1. The van der Waals surface area contributed by atoms with E-state index in [0.717, 1.165) is 36.9 Å². The summed E-state index contributed by atoms with van der Waals surface area (Å²) in [7, 11) is 0. The number of aliphatic hydroxyl groups is 1. The van der Waals surface area contributed by atoms with Gasteiger partial charge in [0.05, 0.1) is 5.60 Å². The Kier molecular flexibility index (Phi) is 4.23. The van der Waals surface area contributed by atoms with Crippen LogP contribution in [0.25, 0.3) is 0 Å². The lowest BCUT2D eigenvalue weighted by atomic mass is 9.94. The van der Waals surface area contributed by atoms with E-state index in [9.17, 15) is 9.50 Å². The maximum Gasteiger partial charge on any atom is 0.125 e. The highest BCUT2D eigenvalue weighted by molar-refractivity contribution is 5.50. The van der Waals surface area contributed by atoms with E-state index in [4.69, 9.17) is 0 Å². The van der Waals surface area contributed by atoms with Crippen molar-refractivity contribution in [1.82, 2.24) is 0 Å². The molecule has 2 N–H and O–H groups in total. The van der Waals surface area contributed by atoms with Crippen LogP contribution in [0, 0.1) is 12.7 Å². The molecule has 0 heterocycles. The van der Waals surface area contributed by atoms with E-state index in [-0.39, 0.29) is 5.82 Å². The number of hydrogen-bond donors (Lipinski definition) is 2. The number of rotatable bonds is 3. The minimum atomic E-state index is -0.630. The Morgan fingerprint density at radius 2 is 1.89 bits per heavy atom. The summed E-state index contributed by atoms with van der Waals surface area (Å²) in [5, 5.41) is 13.7. The van der Waals surface area contributed by atoms with E-state index >= 15 is 0 Å². The molecule has 0 unspecified atom stereocenters. The SMILES string of the molecule is Cc1ccc(F)cc1NCC1(O)CCCCCC1. The monoisotopic (exact) mass is 251 g/mol. The Labute approximate surface area is 108 Å². The predicted octanol–water partition coefficient (Wildman–Crippen LogP) is 3.63. The quantitative estimate of drug-likeness (QED) is 0.804. The fourth-order valence-corrected chi connectivity index (χ4v) is 2.61. The molecule has 0 atom stereocenters. The van der Waals surface area contributed by atoms with Crippen molar-refractivity contribution in [3.05, 3.63) is 29.6 Å². The second-order valence-corrected chi connectivity index (χ2v) is 5.45. The van der Waals surface area contributed by atoms with Crippen LogP contribution in [0.3, 0.4) is 0 Å². The molecule has 0 aliphatic heterocycles. The van der Waals surface area contributed by atoms with Gasteiger partial charge in [-0.15, -0.1) is 0 Å². The molecule has 2 rings (SSSR count). The van der Waals surface area contributed by atoms with Gasteiger partial charge in [0.2, 0.25) is 0 Å². The first-order valence-corrected chi connectivity index (χ1v) is 6.81. The van der Waals surface area contributed by atoms with E-state index in [0.29, 0.717) is 6.54 Å². The summed E-state index contributed by atoms with van der Waals surface area (Å²) in [5.41, 5.74) is 1.16. The van der Waals surface area contributed by atoms with Crippen molar-refractivity contribution in [1.29, 1.82) is 0 Å². The number of benzene rings is 1. The third-order valence-electron chi connectivity index (χ3n) is 3.84. The summed E-state index contributed by atoms with van der Waals surface area (Å²) in [5.74, 6) is -0.240. The van der Waals surface area contributed by atoms with Crippen molar-refractivity contribution in [2.24, 2.45) is 0 Å². The summed E-state index contributed by atoms with van der Waals surface area (Å²) < 4.78 is 13.2. The van der Waals surface area contributed by atoms with Crippen LogP contribution in [0.5, 0.6) is 0 Å². The van der Waals surface area contributed by atoms with Gasteiger partial charge < -0.3 is 10.4 Å². The molecule has 1 aromatic rings. The maximum atomic E-state index is 13.2. The van der Waals surface area contributed by atoms with Crippen LogP contribution in [-0.4, -0.2) is 17.3 Å². The molecule has 18 heavy (non-hydrogen) atoms. The van der Waals surface area contributed by atoms with Crippen molar-refractivity contribution in [3.63, 3.8) is 0 Å². The van der Waals surface area contributed by atoms with Gasteiger partial charge in [0.1, 0.15) is 5.82 Å². The zero-order valence-corrected chi connectivity index (χ0v) is 11.0. The van der Waals surface area contributed by atoms with Crippen molar-refractivity contribution < 1.29 is 9.50 Å². The Morgan fingerprint density at radius 1 is 1.22 bits per heavy atom. The van der Waals surface area contributed by atoms with Crippen molar-refractivity contribution in [3.8, 4) is 0 Å². The highest BCUT2D eigenvalue weighted by Crippen LogP contribution is 2.28. The van der Waals surface area contributed by atoms with Gasteiger partial charge in [0, 0.05) is 12.2 Å². The zero-order valence-electron chi connectivity index (χ0n) is 11.0. The molecule has 0 bridgehead atoms. The van der Waals surface area contributed by atoms with Crippen LogP contribution in [0.15, 0.2) is 18.2 Å². The summed E-state index contributed by atoms with van der Waals surface area (Å²) >= 11 is 0. The molecule has 1 fully saturated rings. The number of aryl methyl sites for hydroxylation is 1. The van der Waals surface area contributed by atoms with Crippen molar-refractivity contribution in [2.75, 3.05) is 11.9 Å². The molecule has 0 spiro atoms. The second kappa shape index (κ2) is 5.70. The van der Waals surface area contributed by atoms with Crippen molar-refractivity contribution >= 4 is 5.69 Å². The normalized spacial score (nSPS) is 19.3. The van der Waals surface area contributed by atoms with E-state index in [1.165, 1.54) is 25.0 Å². The molecule has 1 aliphatic rings. The molecular weight excluding hydrogens is 229 g/mol. The van der Waals surface area contributed by atoms with E-state index in [2.05, 4.69) is 5.32 Å². The molecule has 0 radical (unpaired) electrons. The number of nitrogens with one attached hydrogen (secondary N) is 1. The van der Waals surface area contributed by atoms with Gasteiger partial charge in [-0.2, -0.15) is 0 Å². The summed E-state index contributed by atoms with van der Waals surface area (Å²) in [6.45, 7) is 2.45. The second-order valence-electron chi connectivity index (χ2n) is 5.45. The fraction of sp³-hybridized carbons (Fsp3) is 0.600. The van der Waals surface area contributed by atoms with Crippen LogP contribution >= 0.6 is 0 Å². The molecule has 1 aromatic carbocycles. The molecule has 3 heteroatoms. The topological polar surface area (TPSA) is 32.3 Å². The van der Waals surface area contributed by atoms with E-state index in [1.807, 2.05) is 6.92 Å². The van der Waals surface area contributed by atoms with Gasteiger partial charge in [0.15, 0.2) is 0 Å². The van der Waals surface area contributed by atoms with Gasteiger partial charge in [-0.3, -0.25) is 0 Å². The van der Waals surface area contributed by atoms with Gasteiger partial charge >= 0.3 is 0 Å². The van der Waals surface area contributed by atoms with Crippen LogP contribution < -0.4 is 5.32 Å². The standard InChI is InChI=1S/C15H22FNO/c1-12-6-7-13(16)10-14(12)17-11-15(18)8-4-2-3-5-9-15/h6-7,10,17-18H,2-5,8-9,11H2,1H3. The lowest BCUT2D eigenvalue weighted by Gasteiger charge is -2.27. The molecule has 1 saturated carbocycles. The third-order valence-corrected chi connectivity index (χ3v) is 3.84. The predicted molar refractivity (Wildman–Crippen MR) is 72.3 cm³/mol. The molecule has 0 amide bonds. The minimum absolute atomic E-state index is 0.240. The lowest BCUT2D eigenvalue weighted by Crippen LogP contribution is -2.36. The first-order chi connectivity index (χ1) is 8.59. The lowest BCUT2D eigenvalue weighted by molar-refractivity contribution is 0.0381. The largest absolute Gasteiger partial charge is 0.388 e. The fourth-order valence-electron chi connectivity index (χ4n) is 2.61. The highest BCUT2D eigenvalue weighted by Gasteiger charge is 2.27. The summed E-state index contributed by atoms with van der Waals surface area (Å²) in [4.78, 5) is 0. The van der Waals surface area contributed by atoms with Crippen molar-refractivity contribution in [2.45, 2.75) is 51.0 Å². The van der Waals surface area contributed by atoms with Crippen LogP contribution in [0.2, 0.25) is 0 Å². The van der Waals surface area contributed by atoms with Crippen LogP contribution in [0.4, 0.5) is 10.1 Å². The molecule has 2 nitrogen and oxygen atoms in total. The number of anilines is 1. The Balaban J connectivity index is 1.99. The average molecular weight is 251 g/mol. The molecule has 0 aromatic heterocycles. The van der Waals surface area contributed by atoms with Crippen LogP contribution in [0.1, 0.15) is 44.1 Å². The zero-order chi connectivity index (χ0) is 13.0. The van der Waals surface area contributed by atoms with E-state index < -0.39 is 5.60 Å². The molecule has 1 aliphatic carbocycles. The van der Waals surface area contributed by atoms with Crippen LogP contribution in [-0.2, 0) is 0 Å². The van der Waals surface area contributed by atoms with E-state index in [1.54, 1.807) is 6.07 Å². The summed E-state index contributed by atoms with van der Waals surface area (Å²) in [6, 6.07) is 4.71. The molecule has 100 valence electrons. The average Bonchev–Trinajstić information content (AvgIpc) is 2.56. The van der Waals surface area contributed by atoms with Gasteiger partial charge in [0.25, 0.3) is 0 Å². The summed E-state index contributed by atoms with van der Waals surface area (Å²) in [6.07, 6.45) is 6.27. The highest BCUT2D eigenvalue weighted by atomic mass is 19.1. The number of hydrogen-bond acceptors (Lipinski definition) is 2. The molecule has 0 saturated heterocycles. The maximum absolute atomic E-state index is 13.2. The third kappa shape index (κ3) is 3.45. The Bertz CT molecular complexity index is 397. The molecular formula is C15H22FNO. The minimum Gasteiger partial charge on any atom is -0.388 e. The van der Waals surface area contributed by atoms with Gasteiger partial charge in [-0.1, -0.05) is 31.7 Å². The van der Waals surface area contributed by atoms with Gasteiger partial charge in [-0.05, 0) is 37.5 Å². The Hall–Kier alpha value is -1.09. The van der Waals surface area contributed by atoms with Gasteiger partial charge in [-0.25, -0.2) is 4.39 Å². The first-order valence-electron chi connectivity index (χ1n) is 6.81. The smallest absolute Gasteiger partial charge is 0.125 e.